The van der Waals surface area contributed by atoms with E-state index in [4.69, 9.17) is 5.11 Å². The van der Waals surface area contributed by atoms with Crippen LogP contribution in [0.5, 0.6) is 0 Å². The Labute approximate surface area is 172 Å². The van der Waals surface area contributed by atoms with Gasteiger partial charge in [0.1, 0.15) is 0 Å². The summed E-state index contributed by atoms with van der Waals surface area (Å²) in [5, 5.41) is 8.52. The quantitative estimate of drug-likeness (QED) is 0.298. The third-order valence-corrected chi connectivity index (χ3v) is 3.99. The van der Waals surface area contributed by atoms with Gasteiger partial charge in [0.15, 0.2) is 0 Å². The Morgan fingerprint density at radius 2 is 0.917 bits per heavy atom. The molecule has 0 fully saturated rings. The number of hydrogen-bond donors (Lipinski definition) is 1. The molecule has 0 heterocycles. The van der Waals surface area contributed by atoms with Gasteiger partial charge in [-0.3, -0.25) is 4.79 Å². The van der Waals surface area contributed by atoms with Gasteiger partial charge in [-0.05, 0) is 6.42 Å². The van der Waals surface area contributed by atoms with Crippen molar-refractivity contribution in [1.82, 2.24) is 0 Å². The van der Waals surface area contributed by atoms with Crippen LogP contribution in [0.15, 0.2) is 0 Å². The molecule has 0 aromatic carbocycles. The molecule has 0 saturated carbocycles. The van der Waals surface area contributed by atoms with Crippen LogP contribution in [-0.4, -0.2) is 39.6 Å². The second-order valence-electron chi connectivity index (χ2n) is 6.09. The first-order valence-electron chi connectivity index (χ1n) is 8.99. The van der Waals surface area contributed by atoms with E-state index in [0.717, 1.165) is 12.8 Å². The van der Waals surface area contributed by atoms with Crippen LogP contribution in [0.3, 0.4) is 0 Å². The van der Waals surface area contributed by atoms with Crippen molar-refractivity contribution in [2.75, 3.05) is 0 Å². The topological polar surface area (TPSA) is 97.3 Å². The molecule has 0 atom stereocenters. The second kappa shape index (κ2) is 31.3. The minimum atomic E-state index is -0.653. The van der Waals surface area contributed by atoms with Gasteiger partial charge in [0, 0.05) is 6.42 Å². The molecule has 0 amide bonds. The Bertz CT molecular complexity index is 219. The number of carbonyl (C=O) groups is 1. The minimum absolute atomic E-state index is 0. The van der Waals surface area contributed by atoms with Gasteiger partial charge in [0.25, 0.3) is 0 Å². The Hall–Kier alpha value is 0.506. The molecule has 0 aromatic heterocycles. The van der Waals surface area contributed by atoms with Crippen LogP contribution < -0.4 is 0 Å². The van der Waals surface area contributed by atoms with Gasteiger partial charge in [-0.15, -0.1) is 0 Å². The monoisotopic (exact) mass is 376 g/mol. The molecule has 0 aliphatic heterocycles. The molecule has 144 valence electrons. The van der Waals surface area contributed by atoms with Crippen LogP contribution in [-0.2, 0) is 10.3 Å². The number of aliphatic carboxylic acids is 1. The molecule has 0 radical (unpaired) electrons. The van der Waals surface area contributed by atoms with Gasteiger partial charge in [0.05, 0.1) is 0 Å². The van der Waals surface area contributed by atoms with Crippen molar-refractivity contribution in [2.24, 2.45) is 0 Å². The van der Waals surface area contributed by atoms with E-state index < -0.39 is 5.97 Å². The number of carboxylic acid groups (broad SMARTS) is 1. The predicted molar refractivity (Wildman–Crippen MR) is 108 cm³/mol. The predicted octanol–water partition coefficient (Wildman–Crippen LogP) is 5.12. The van der Waals surface area contributed by atoms with Crippen molar-refractivity contribution in [3.63, 3.8) is 0 Å². The maximum Gasteiger partial charge on any atom is 2.00 e. The number of carboxylic acids is 1. The summed E-state index contributed by atoms with van der Waals surface area (Å²) in [7, 11) is 0. The van der Waals surface area contributed by atoms with Gasteiger partial charge >= 0.3 is 29.0 Å². The fourth-order valence-electron chi connectivity index (χ4n) is 2.65. The molecular formula is C18H40MgO4S. The molecule has 0 aromatic rings. The Kier molecular flexibility index (Phi) is 46.4. The van der Waals surface area contributed by atoms with Crippen LogP contribution in [0.25, 0.3) is 0 Å². The summed E-state index contributed by atoms with van der Waals surface area (Å²) in [5.41, 5.74) is 0. The first-order valence-corrected chi connectivity index (χ1v) is 8.99. The van der Waals surface area contributed by atoms with Crippen molar-refractivity contribution in [2.45, 2.75) is 110 Å². The van der Waals surface area contributed by atoms with Crippen molar-refractivity contribution in [3.05, 3.63) is 0 Å². The maximum atomic E-state index is 10.3. The Morgan fingerprint density at radius 3 is 1.17 bits per heavy atom. The maximum absolute atomic E-state index is 10.3. The van der Waals surface area contributed by atoms with Crippen LogP contribution in [0.1, 0.15) is 110 Å². The van der Waals surface area contributed by atoms with Crippen LogP contribution in [0.4, 0.5) is 0 Å². The van der Waals surface area contributed by atoms with Gasteiger partial charge < -0.3 is 16.1 Å². The SMILES string of the molecule is CCCCCCCCCCCCCCCCCC(=O)O.O.S.[Mg+2].[O-2]. The summed E-state index contributed by atoms with van der Waals surface area (Å²) in [6.07, 6.45) is 20.2. The van der Waals surface area contributed by atoms with Crippen molar-refractivity contribution in [1.29, 1.82) is 0 Å². The van der Waals surface area contributed by atoms with E-state index in [2.05, 4.69) is 6.92 Å². The molecule has 0 rings (SSSR count). The molecule has 0 saturated heterocycles. The largest absolute Gasteiger partial charge is 2.00 e. The molecule has 0 bridgehead atoms. The first-order chi connectivity index (χ1) is 9.77. The second-order valence-corrected chi connectivity index (χ2v) is 6.09. The summed E-state index contributed by atoms with van der Waals surface area (Å²) in [5.74, 6) is -0.653. The van der Waals surface area contributed by atoms with E-state index in [1.54, 1.807) is 0 Å². The zero-order valence-corrected chi connectivity index (χ0v) is 18.2. The third-order valence-electron chi connectivity index (χ3n) is 3.99. The normalized spacial score (nSPS) is 9.04. The fourth-order valence-corrected chi connectivity index (χ4v) is 2.65. The molecule has 3 N–H and O–H groups in total. The first kappa shape index (κ1) is 35.6. The molecule has 0 aliphatic carbocycles. The van der Waals surface area contributed by atoms with E-state index in [9.17, 15) is 4.79 Å². The van der Waals surface area contributed by atoms with Gasteiger partial charge in [0.2, 0.25) is 0 Å². The van der Waals surface area contributed by atoms with Crippen LogP contribution >= 0.6 is 13.5 Å². The van der Waals surface area contributed by atoms with E-state index in [1.165, 1.54) is 83.5 Å². The van der Waals surface area contributed by atoms with E-state index >= 15 is 0 Å². The Balaban J connectivity index is -0.000000301. The van der Waals surface area contributed by atoms with Gasteiger partial charge in [-0.2, -0.15) is 13.5 Å². The summed E-state index contributed by atoms with van der Waals surface area (Å²) < 4.78 is 0. The van der Waals surface area contributed by atoms with Crippen LogP contribution in [0.2, 0.25) is 0 Å². The molecule has 0 aliphatic rings. The molecular weight excluding hydrogens is 337 g/mol. The molecule has 6 heteroatoms. The molecule has 4 nitrogen and oxygen atoms in total. The third kappa shape index (κ3) is 34.0. The van der Waals surface area contributed by atoms with Gasteiger partial charge in [-0.1, -0.05) is 96.8 Å². The van der Waals surface area contributed by atoms with Crippen LogP contribution in [0, 0.1) is 0 Å². The molecule has 24 heavy (non-hydrogen) atoms. The smallest absolute Gasteiger partial charge is 2.00 e. The zero-order valence-electron chi connectivity index (χ0n) is 15.8. The summed E-state index contributed by atoms with van der Waals surface area (Å²) in [6.45, 7) is 2.27. The van der Waals surface area contributed by atoms with Crippen molar-refractivity contribution >= 4 is 42.5 Å². The van der Waals surface area contributed by atoms with Crippen molar-refractivity contribution in [3.8, 4) is 0 Å². The summed E-state index contributed by atoms with van der Waals surface area (Å²) >= 11 is 0. The number of unbranched alkanes of at least 4 members (excludes halogenated alkanes) is 14. The fraction of sp³-hybridized carbons (Fsp3) is 0.944. The van der Waals surface area contributed by atoms with Crippen molar-refractivity contribution < 1.29 is 20.9 Å². The average molecular weight is 377 g/mol. The van der Waals surface area contributed by atoms with E-state index in [-0.39, 0.29) is 47.5 Å². The van der Waals surface area contributed by atoms with Gasteiger partial charge in [-0.25, -0.2) is 0 Å². The number of hydrogen-bond acceptors (Lipinski definition) is 1. The minimum Gasteiger partial charge on any atom is -2.00 e. The number of rotatable bonds is 16. The standard InChI is InChI=1S/C18H36O2.Mg.H2O.O.H2S/c1-2-3-4-5-6-7-8-9-10-11-12-13-14-15-16-17-18(19)20;;;;/h2-17H2,1H3,(H,19,20);;1H2;;1H2/q;+2;;-2;. The Morgan fingerprint density at radius 1 is 0.667 bits per heavy atom. The molecule has 0 spiro atoms. The zero-order chi connectivity index (χ0) is 14.9. The summed E-state index contributed by atoms with van der Waals surface area (Å²) in [4.78, 5) is 10.3. The average Bonchev–Trinajstić information content (AvgIpc) is 2.43. The molecule has 0 unspecified atom stereocenters. The summed E-state index contributed by atoms with van der Waals surface area (Å²) in [6, 6.07) is 0. The van der Waals surface area contributed by atoms with E-state index in [0.29, 0.717) is 6.42 Å². The van der Waals surface area contributed by atoms with E-state index in [1.807, 2.05) is 0 Å².